The molecule has 0 spiro atoms. The topological polar surface area (TPSA) is 94.8 Å². The molecule has 0 fully saturated rings. The summed E-state index contributed by atoms with van der Waals surface area (Å²) in [5, 5.41) is 13.1. The Morgan fingerprint density at radius 2 is 2.00 bits per heavy atom. The van der Waals surface area contributed by atoms with Crippen LogP contribution in [0.15, 0.2) is 36.7 Å². The van der Waals surface area contributed by atoms with Crippen LogP contribution in [0.3, 0.4) is 0 Å². The van der Waals surface area contributed by atoms with Gasteiger partial charge in [-0.15, -0.1) is 0 Å². The molecule has 0 unspecified atom stereocenters. The van der Waals surface area contributed by atoms with Crippen molar-refractivity contribution in [2.75, 3.05) is 31.5 Å². The Hall–Kier alpha value is -2.82. The maximum absolute atomic E-state index is 15.0. The predicted molar refractivity (Wildman–Crippen MR) is 145 cm³/mol. The largest absolute Gasteiger partial charge is 0.453 e. The van der Waals surface area contributed by atoms with E-state index >= 15 is 4.39 Å². The minimum atomic E-state index is -0.659. The van der Waals surface area contributed by atoms with Crippen molar-refractivity contribution < 1.29 is 28.5 Å². The van der Waals surface area contributed by atoms with E-state index in [9.17, 15) is 9.90 Å². The summed E-state index contributed by atoms with van der Waals surface area (Å²) >= 11 is 0. The maximum Gasteiger partial charge on any atom is 0.407 e. The van der Waals surface area contributed by atoms with Gasteiger partial charge in [0.25, 0.3) is 0 Å². The summed E-state index contributed by atoms with van der Waals surface area (Å²) in [6.07, 6.45) is 7.54. The van der Waals surface area contributed by atoms with Crippen molar-refractivity contribution in [3.8, 4) is 11.5 Å². The summed E-state index contributed by atoms with van der Waals surface area (Å²) < 4.78 is 33.9. The zero-order valence-corrected chi connectivity index (χ0v) is 23.2. The third-order valence-electron chi connectivity index (χ3n) is 5.41. The lowest BCUT2D eigenvalue weighted by molar-refractivity contribution is 0.0483. The number of halogens is 1. The maximum atomic E-state index is 15.0. The van der Waals surface area contributed by atoms with Gasteiger partial charge in [0.1, 0.15) is 29.5 Å². The number of aromatic nitrogens is 2. The fraction of sp³-hybridized carbons (Fsp3) is 0.481. The number of aliphatic hydroxyl groups excluding tert-OH is 1. The fourth-order valence-electron chi connectivity index (χ4n) is 3.75. The van der Waals surface area contributed by atoms with Crippen LogP contribution in [0.2, 0.25) is 0 Å². The molecule has 3 rings (SSSR count). The molecule has 0 bridgehead atoms. The standard InChI is InChI=1S/C27H36FN3O5S/c1-18-15-31(17-34-11-12-37(5)6)25-24(18)23(9-10-29-25)35-22-8-7-19(14-21(22)28)13-20(16-32)30-26(33)36-27(2,3)4/h7-10,14-15,20,32H,11-13,16-17H2,1-6H3/p+1/t20-/m0/s1. The number of fused-ring (bicyclic) bond motifs is 1. The first-order valence-electron chi connectivity index (χ1n) is 12.1. The number of nitrogens with one attached hydrogen (secondary N) is 1. The van der Waals surface area contributed by atoms with E-state index in [0.717, 1.165) is 16.7 Å². The predicted octanol–water partition coefficient (Wildman–Crippen LogP) is 4.56. The molecule has 8 nitrogen and oxygen atoms in total. The molecule has 0 radical (unpaired) electrons. The zero-order chi connectivity index (χ0) is 27.2. The van der Waals surface area contributed by atoms with Crippen LogP contribution in [-0.4, -0.2) is 63.9 Å². The molecule has 0 aliphatic rings. The van der Waals surface area contributed by atoms with Gasteiger partial charge in [-0.3, -0.25) is 0 Å². The minimum absolute atomic E-state index is 0.0678. The summed E-state index contributed by atoms with van der Waals surface area (Å²) in [7, 11) is 0.322. The van der Waals surface area contributed by atoms with Gasteiger partial charge in [-0.05, 0) is 74.3 Å². The number of carbonyl (C=O) groups is 1. The van der Waals surface area contributed by atoms with Gasteiger partial charge in [0.15, 0.2) is 11.6 Å². The molecular weight excluding hydrogens is 497 g/mol. The molecule has 2 aromatic heterocycles. The Labute approximate surface area is 220 Å². The van der Waals surface area contributed by atoms with Crippen LogP contribution in [0.25, 0.3) is 11.0 Å². The number of rotatable bonds is 11. The first-order chi connectivity index (χ1) is 17.5. The zero-order valence-electron chi connectivity index (χ0n) is 22.3. The number of aryl methyl sites for hydroxylation is 1. The average molecular weight is 535 g/mol. The van der Waals surface area contributed by atoms with Gasteiger partial charge < -0.3 is 29.2 Å². The Morgan fingerprint density at radius 1 is 1.24 bits per heavy atom. The van der Waals surface area contributed by atoms with Crippen LogP contribution in [0, 0.1) is 12.7 Å². The second-order valence-corrected chi connectivity index (χ2v) is 12.5. The van der Waals surface area contributed by atoms with Gasteiger partial charge >= 0.3 is 6.09 Å². The number of hydrogen-bond donors (Lipinski definition) is 2. The lowest BCUT2D eigenvalue weighted by atomic mass is 10.1. The van der Waals surface area contributed by atoms with E-state index in [1.54, 1.807) is 45.2 Å². The third kappa shape index (κ3) is 8.34. The van der Waals surface area contributed by atoms with Gasteiger partial charge in [0, 0.05) is 12.4 Å². The van der Waals surface area contributed by atoms with Crippen molar-refractivity contribution in [2.24, 2.45) is 0 Å². The van der Waals surface area contributed by atoms with Gasteiger partial charge in [-0.25, -0.2) is 14.2 Å². The molecule has 202 valence electrons. The number of aliphatic hydroxyl groups is 1. The van der Waals surface area contributed by atoms with Gasteiger partial charge in [-0.1, -0.05) is 6.07 Å². The molecule has 1 aromatic carbocycles. The molecule has 37 heavy (non-hydrogen) atoms. The molecule has 0 saturated heterocycles. The first kappa shape index (κ1) is 28.7. The molecular formula is C27H37FN3O5S+. The second-order valence-electron chi connectivity index (χ2n) is 10.1. The van der Waals surface area contributed by atoms with Crippen molar-refractivity contribution in [3.63, 3.8) is 0 Å². The molecule has 1 atom stereocenters. The average Bonchev–Trinajstić information content (AvgIpc) is 3.13. The van der Waals surface area contributed by atoms with Gasteiger partial charge in [0.05, 0.1) is 37.2 Å². The van der Waals surface area contributed by atoms with Crippen LogP contribution in [-0.2, 0) is 33.5 Å². The molecule has 2 N–H and O–H groups in total. The second kappa shape index (κ2) is 12.6. The molecule has 0 aliphatic heterocycles. The Kier molecular flexibility index (Phi) is 9.80. The van der Waals surface area contributed by atoms with Crippen molar-refractivity contribution >= 4 is 28.0 Å². The summed E-state index contributed by atoms with van der Waals surface area (Å²) in [5.41, 5.74) is 1.59. The Bertz CT molecular complexity index is 1210. The van der Waals surface area contributed by atoms with Gasteiger partial charge in [0.2, 0.25) is 0 Å². The third-order valence-corrected chi connectivity index (χ3v) is 6.40. The van der Waals surface area contributed by atoms with E-state index in [2.05, 4.69) is 22.8 Å². The quantitative estimate of drug-likeness (QED) is 0.277. The monoisotopic (exact) mass is 534 g/mol. The molecule has 0 saturated carbocycles. The molecule has 3 aromatic rings. The normalized spacial score (nSPS) is 12.7. The summed E-state index contributed by atoms with van der Waals surface area (Å²) in [5.74, 6) is 1.02. The van der Waals surface area contributed by atoms with Crippen LogP contribution in [0.4, 0.5) is 9.18 Å². The van der Waals surface area contributed by atoms with E-state index in [0.29, 0.717) is 41.2 Å². The van der Waals surface area contributed by atoms with Crippen LogP contribution < -0.4 is 10.1 Å². The number of ether oxygens (including phenoxy) is 3. The minimum Gasteiger partial charge on any atom is -0.453 e. The number of benzene rings is 1. The highest BCUT2D eigenvalue weighted by atomic mass is 32.2. The van der Waals surface area contributed by atoms with Gasteiger partial charge in [-0.2, -0.15) is 0 Å². The SMILES string of the molecule is Cc1cn(COCC[S+](C)C)c2nccc(Oc3ccc(C[C@@H](CO)NC(=O)OC(C)(C)C)cc3F)c12. The van der Waals surface area contributed by atoms with Crippen LogP contribution >= 0.6 is 0 Å². The molecule has 0 aliphatic carbocycles. The number of nitrogens with zero attached hydrogens (tertiary/aromatic N) is 2. The summed E-state index contributed by atoms with van der Waals surface area (Å²) in [6.45, 7) is 7.95. The fourth-order valence-corrected chi connectivity index (χ4v) is 4.20. The van der Waals surface area contributed by atoms with E-state index in [1.807, 2.05) is 17.7 Å². The van der Waals surface area contributed by atoms with E-state index in [4.69, 9.17) is 14.2 Å². The number of carbonyl (C=O) groups excluding carboxylic acids is 1. The molecule has 2 heterocycles. The van der Waals surface area contributed by atoms with Crippen molar-refractivity contribution in [1.29, 1.82) is 0 Å². The first-order valence-corrected chi connectivity index (χ1v) is 14.3. The summed E-state index contributed by atoms with van der Waals surface area (Å²) in [6, 6.07) is 5.68. The number of alkyl carbamates (subject to hydrolysis) is 1. The van der Waals surface area contributed by atoms with Crippen molar-refractivity contribution in [2.45, 2.75) is 52.5 Å². The molecule has 10 heteroatoms. The van der Waals surface area contributed by atoms with E-state index < -0.39 is 23.6 Å². The van der Waals surface area contributed by atoms with E-state index in [-0.39, 0.29) is 18.8 Å². The number of amides is 1. The lowest BCUT2D eigenvalue weighted by Crippen LogP contribution is -2.42. The number of hydrogen-bond acceptors (Lipinski definition) is 6. The lowest BCUT2D eigenvalue weighted by Gasteiger charge is -2.23. The number of pyridine rings is 1. The van der Waals surface area contributed by atoms with Crippen LogP contribution in [0.5, 0.6) is 11.5 Å². The Morgan fingerprint density at radius 3 is 2.65 bits per heavy atom. The molecule has 1 amide bonds. The highest BCUT2D eigenvalue weighted by Crippen LogP contribution is 2.33. The highest BCUT2D eigenvalue weighted by molar-refractivity contribution is 7.95. The van der Waals surface area contributed by atoms with Crippen molar-refractivity contribution in [3.05, 3.63) is 53.6 Å². The van der Waals surface area contributed by atoms with Crippen molar-refractivity contribution in [1.82, 2.24) is 14.9 Å². The van der Waals surface area contributed by atoms with E-state index in [1.165, 1.54) is 6.07 Å². The highest BCUT2D eigenvalue weighted by Gasteiger charge is 2.20. The Balaban J connectivity index is 1.71. The van der Waals surface area contributed by atoms with Crippen LogP contribution in [0.1, 0.15) is 31.9 Å². The smallest absolute Gasteiger partial charge is 0.407 e. The summed E-state index contributed by atoms with van der Waals surface area (Å²) in [4.78, 5) is 16.5.